The summed E-state index contributed by atoms with van der Waals surface area (Å²) in [5, 5.41) is 9.21. The van der Waals surface area contributed by atoms with Crippen LogP contribution in [0.1, 0.15) is 12.8 Å². The van der Waals surface area contributed by atoms with Crippen molar-refractivity contribution in [1.29, 1.82) is 0 Å². The lowest BCUT2D eigenvalue weighted by Crippen LogP contribution is -2.16. The van der Waals surface area contributed by atoms with Gasteiger partial charge in [0.1, 0.15) is 0 Å². The SMILES string of the molecule is C=C1[C@H](C(=O)OC)CC[C@H]1O. The number of hydrogen-bond acceptors (Lipinski definition) is 3. The molecule has 1 aliphatic carbocycles. The first-order valence-corrected chi connectivity index (χ1v) is 3.61. The molecule has 1 N–H and O–H groups in total. The lowest BCUT2D eigenvalue weighted by atomic mass is 10.0. The van der Waals surface area contributed by atoms with Crippen molar-refractivity contribution in [3.05, 3.63) is 12.2 Å². The Morgan fingerprint density at radius 3 is 2.73 bits per heavy atom. The first kappa shape index (κ1) is 8.27. The molecule has 11 heavy (non-hydrogen) atoms. The summed E-state index contributed by atoms with van der Waals surface area (Å²) in [6.45, 7) is 3.63. The summed E-state index contributed by atoms with van der Waals surface area (Å²) in [5.74, 6) is -0.568. The number of aliphatic hydroxyl groups is 1. The predicted octanol–water partition coefficient (Wildman–Crippen LogP) is 0.486. The fourth-order valence-electron chi connectivity index (χ4n) is 1.34. The van der Waals surface area contributed by atoms with E-state index in [2.05, 4.69) is 11.3 Å². The zero-order chi connectivity index (χ0) is 8.43. The Kier molecular flexibility index (Phi) is 2.29. The minimum Gasteiger partial charge on any atom is -0.469 e. The average Bonchev–Trinajstić information content (AvgIpc) is 2.32. The Morgan fingerprint density at radius 2 is 2.36 bits per heavy atom. The minimum absolute atomic E-state index is 0.282. The Bertz CT molecular complexity index is 186. The van der Waals surface area contributed by atoms with Crippen molar-refractivity contribution in [2.45, 2.75) is 18.9 Å². The number of ether oxygens (including phenoxy) is 1. The minimum atomic E-state index is -0.515. The van der Waals surface area contributed by atoms with Crippen molar-refractivity contribution in [1.82, 2.24) is 0 Å². The molecule has 1 fully saturated rings. The number of carbonyl (C=O) groups excluding carboxylic acids is 1. The molecule has 0 radical (unpaired) electrons. The third kappa shape index (κ3) is 1.43. The summed E-state index contributed by atoms with van der Waals surface area (Å²) in [6.07, 6.45) is 0.768. The maximum atomic E-state index is 11.0. The molecule has 0 aromatic carbocycles. The molecular formula is C8H12O3. The molecule has 1 aliphatic rings. The molecule has 0 heterocycles. The molecule has 0 bridgehead atoms. The molecule has 0 unspecified atom stereocenters. The summed E-state index contributed by atoms with van der Waals surface area (Å²) < 4.78 is 4.54. The van der Waals surface area contributed by atoms with Crippen molar-refractivity contribution in [2.75, 3.05) is 7.11 Å². The van der Waals surface area contributed by atoms with E-state index in [1.807, 2.05) is 0 Å². The Hall–Kier alpha value is -0.830. The largest absolute Gasteiger partial charge is 0.469 e. The molecule has 0 aromatic rings. The van der Waals surface area contributed by atoms with Gasteiger partial charge >= 0.3 is 5.97 Å². The zero-order valence-electron chi connectivity index (χ0n) is 6.54. The van der Waals surface area contributed by atoms with E-state index in [4.69, 9.17) is 0 Å². The van der Waals surface area contributed by atoms with Crippen LogP contribution in [-0.2, 0) is 9.53 Å². The van der Waals surface area contributed by atoms with Gasteiger partial charge in [0.25, 0.3) is 0 Å². The average molecular weight is 156 g/mol. The molecule has 2 atom stereocenters. The highest BCUT2D eigenvalue weighted by Gasteiger charge is 2.32. The van der Waals surface area contributed by atoms with E-state index in [-0.39, 0.29) is 11.9 Å². The van der Waals surface area contributed by atoms with Crippen LogP contribution >= 0.6 is 0 Å². The second-order valence-corrected chi connectivity index (χ2v) is 2.74. The highest BCUT2D eigenvalue weighted by Crippen LogP contribution is 2.30. The summed E-state index contributed by atoms with van der Waals surface area (Å²) in [4.78, 5) is 11.0. The van der Waals surface area contributed by atoms with Gasteiger partial charge in [0.15, 0.2) is 0 Å². The van der Waals surface area contributed by atoms with Crippen LogP contribution in [0, 0.1) is 5.92 Å². The van der Waals surface area contributed by atoms with E-state index in [1.165, 1.54) is 7.11 Å². The molecule has 1 rings (SSSR count). The van der Waals surface area contributed by atoms with Gasteiger partial charge in [-0.1, -0.05) is 6.58 Å². The summed E-state index contributed by atoms with van der Waals surface area (Å²) in [7, 11) is 1.35. The van der Waals surface area contributed by atoms with Crippen LogP contribution in [0.2, 0.25) is 0 Å². The van der Waals surface area contributed by atoms with Crippen LogP contribution in [-0.4, -0.2) is 24.3 Å². The summed E-state index contributed by atoms with van der Waals surface area (Å²) >= 11 is 0. The van der Waals surface area contributed by atoms with Crippen molar-refractivity contribution in [3.8, 4) is 0 Å². The van der Waals surface area contributed by atoms with Crippen LogP contribution in [0.5, 0.6) is 0 Å². The molecule has 0 amide bonds. The molecule has 0 spiro atoms. The summed E-state index contributed by atoms with van der Waals surface area (Å²) in [5.41, 5.74) is 0.594. The Balaban J connectivity index is 2.62. The number of methoxy groups -OCH3 is 1. The third-order valence-electron chi connectivity index (χ3n) is 2.09. The molecule has 3 heteroatoms. The first-order chi connectivity index (χ1) is 5.16. The first-order valence-electron chi connectivity index (χ1n) is 3.61. The smallest absolute Gasteiger partial charge is 0.312 e. The standard InChI is InChI=1S/C8H12O3/c1-5-6(8(10)11-2)3-4-7(5)9/h6-7,9H,1,3-4H2,2H3/t6-,7-/m1/s1. The van der Waals surface area contributed by atoms with Gasteiger partial charge in [-0.2, -0.15) is 0 Å². The monoisotopic (exact) mass is 156 g/mol. The van der Waals surface area contributed by atoms with Gasteiger partial charge in [0.05, 0.1) is 19.1 Å². The maximum absolute atomic E-state index is 11.0. The van der Waals surface area contributed by atoms with E-state index in [9.17, 15) is 9.90 Å². The zero-order valence-corrected chi connectivity index (χ0v) is 6.54. The molecule has 0 aliphatic heterocycles. The van der Waals surface area contributed by atoms with Gasteiger partial charge in [-0.15, -0.1) is 0 Å². The predicted molar refractivity (Wildman–Crippen MR) is 39.9 cm³/mol. The van der Waals surface area contributed by atoms with E-state index < -0.39 is 6.10 Å². The fourth-order valence-corrected chi connectivity index (χ4v) is 1.34. The van der Waals surface area contributed by atoms with E-state index in [1.54, 1.807) is 0 Å². The van der Waals surface area contributed by atoms with Crippen LogP contribution in [0.15, 0.2) is 12.2 Å². The summed E-state index contributed by atoms with van der Waals surface area (Å²) in [6, 6.07) is 0. The quantitative estimate of drug-likeness (QED) is 0.444. The molecule has 0 aromatic heterocycles. The topological polar surface area (TPSA) is 46.5 Å². The molecule has 3 nitrogen and oxygen atoms in total. The van der Waals surface area contributed by atoms with Gasteiger partial charge < -0.3 is 9.84 Å². The van der Waals surface area contributed by atoms with Crippen LogP contribution in [0.3, 0.4) is 0 Å². The van der Waals surface area contributed by atoms with Crippen LogP contribution < -0.4 is 0 Å². The normalized spacial score (nSPS) is 30.5. The number of esters is 1. The van der Waals surface area contributed by atoms with Gasteiger partial charge in [-0.05, 0) is 18.4 Å². The van der Waals surface area contributed by atoms with Crippen LogP contribution in [0.4, 0.5) is 0 Å². The number of rotatable bonds is 1. The number of hydrogen-bond donors (Lipinski definition) is 1. The molecule has 0 saturated heterocycles. The highest BCUT2D eigenvalue weighted by molar-refractivity contribution is 5.76. The number of aliphatic hydroxyl groups excluding tert-OH is 1. The molecular weight excluding hydrogens is 144 g/mol. The van der Waals surface area contributed by atoms with Crippen LogP contribution in [0.25, 0.3) is 0 Å². The molecule has 1 saturated carbocycles. The lowest BCUT2D eigenvalue weighted by molar-refractivity contribution is -0.143. The third-order valence-corrected chi connectivity index (χ3v) is 2.09. The Morgan fingerprint density at radius 1 is 1.73 bits per heavy atom. The second-order valence-electron chi connectivity index (χ2n) is 2.74. The second kappa shape index (κ2) is 3.05. The van der Waals surface area contributed by atoms with Crippen molar-refractivity contribution < 1.29 is 14.6 Å². The van der Waals surface area contributed by atoms with E-state index in [0.717, 1.165) is 0 Å². The van der Waals surface area contributed by atoms with Gasteiger partial charge in [0, 0.05) is 0 Å². The van der Waals surface area contributed by atoms with Crippen molar-refractivity contribution in [3.63, 3.8) is 0 Å². The lowest BCUT2D eigenvalue weighted by Gasteiger charge is -2.08. The van der Waals surface area contributed by atoms with Crippen molar-refractivity contribution >= 4 is 5.97 Å². The van der Waals surface area contributed by atoms with Gasteiger partial charge in [-0.25, -0.2) is 0 Å². The van der Waals surface area contributed by atoms with Gasteiger partial charge in [-0.3, -0.25) is 4.79 Å². The fraction of sp³-hybridized carbons (Fsp3) is 0.625. The number of carbonyl (C=O) groups is 1. The Labute approximate surface area is 65.7 Å². The maximum Gasteiger partial charge on any atom is 0.312 e. The van der Waals surface area contributed by atoms with Gasteiger partial charge in [0.2, 0.25) is 0 Å². The van der Waals surface area contributed by atoms with Crippen molar-refractivity contribution in [2.24, 2.45) is 5.92 Å². The van der Waals surface area contributed by atoms with E-state index in [0.29, 0.717) is 18.4 Å². The molecule has 62 valence electrons. The highest BCUT2D eigenvalue weighted by atomic mass is 16.5. The van der Waals surface area contributed by atoms with E-state index >= 15 is 0 Å².